The van der Waals surface area contributed by atoms with E-state index in [4.69, 9.17) is 0 Å². The van der Waals surface area contributed by atoms with Crippen molar-refractivity contribution in [3.63, 3.8) is 0 Å². The summed E-state index contributed by atoms with van der Waals surface area (Å²) in [5.41, 5.74) is 10.2. The zero-order valence-corrected chi connectivity index (χ0v) is 21.9. The molecule has 3 aromatic carbocycles. The molecular weight excluding hydrogens is 486 g/mol. The molecule has 2 aliphatic carbocycles. The summed E-state index contributed by atoms with van der Waals surface area (Å²) in [5.74, 6) is 0.401. The van der Waals surface area contributed by atoms with Gasteiger partial charge in [0.15, 0.2) is 0 Å². The molecule has 2 aliphatic rings. The summed E-state index contributed by atoms with van der Waals surface area (Å²) in [6.45, 7) is 9.32. The van der Waals surface area contributed by atoms with Gasteiger partial charge >= 0.3 is 26.2 Å². The van der Waals surface area contributed by atoms with Gasteiger partial charge < -0.3 is 24.8 Å². The number of aryl methyl sites for hydroxylation is 2. The van der Waals surface area contributed by atoms with E-state index < -0.39 is 0 Å². The number of hydrogen-bond acceptors (Lipinski definition) is 0. The molecule has 0 N–H and O–H groups in total. The normalized spacial score (nSPS) is 16.1. The largest absolute Gasteiger partial charge is 2.00 e. The van der Waals surface area contributed by atoms with Gasteiger partial charge in [0.05, 0.1) is 0 Å². The average molecular weight is 513 g/mol. The fourth-order valence-electron chi connectivity index (χ4n) is 5.31. The molecule has 1 atom stereocenters. The van der Waals surface area contributed by atoms with Crippen LogP contribution in [0.15, 0.2) is 72.3 Å². The molecule has 0 fully saturated rings. The van der Waals surface area contributed by atoms with Crippen LogP contribution in [0, 0.1) is 19.3 Å². The summed E-state index contributed by atoms with van der Waals surface area (Å²) in [5, 5.41) is 2.80. The maximum atomic E-state index is 2.46. The Bertz CT molecular complexity index is 1150. The standard InChI is InChI=1S/C27H26.2ClH.Zr/c1-17-13-14-20-18(2)16-24-25(23(20)15-17)21-11-7-8-12-22(21)26(24)27(3,4)19-9-5-6-10-19;;;/h5-9,11-16,26H,10H2,1-4H3;2*1H;/q;;;+2/p-2. The quantitative estimate of drug-likeness (QED) is 0.488. The molecule has 0 amide bonds. The molecule has 0 aliphatic heterocycles. The van der Waals surface area contributed by atoms with Crippen LogP contribution in [-0.4, -0.2) is 0 Å². The van der Waals surface area contributed by atoms with Crippen LogP contribution in [0.4, 0.5) is 0 Å². The van der Waals surface area contributed by atoms with Crippen molar-refractivity contribution in [2.45, 2.75) is 40.0 Å². The van der Waals surface area contributed by atoms with E-state index in [1.807, 2.05) is 0 Å². The molecule has 0 saturated heterocycles. The summed E-state index contributed by atoms with van der Waals surface area (Å²) in [7, 11) is 0. The molecule has 0 nitrogen and oxygen atoms in total. The summed E-state index contributed by atoms with van der Waals surface area (Å²) in [4.78, 5) is 0. The smallest absolute Gasteiger partial charge is 1.00 e. The molecule has 0 heterocycles. The van der Waals surface area contributed by atoms with Gasteiger partial charge in [-0.15, -0.1) is 0 Å². The van der Waals surface area contributed by atoms with Crippen molar-refractivity contribution in [1.82, 2.24) is 0 Å². The minimum atomic E-state index is 0. The van der Waals surface area contributed by atoms with Crippen LogP contribution in [0.2, 0.25) is 0 Å². The van der Waals surface area contributed by atoms with Crippen molar-refractivity contribution >= 4 is 10.8 Å². The van der Waals surface area contributed by atoms with E-state index >= 15 is 0 Å². The number of halogens is 2. The van der Waals surface area contributed by atoms with Crippen molar-refractivity contribution in [2.75, 3.05) is 0 Å². The molecule has 5 rings (SSSR count). The van der Waals surface area contributed by atoms with Crippen LogP contribution in [0.25, 0.3) is 21.9 Å². The van der Waals surface area contributed by atoms with Crippen molar-refractivity contribution in [1.29, 1.82) is 0 Å². The van der Waals surface area contributed by atoms with E-state index in [1.165, 1.54) is 49.7 Å². The van der Waals surface area contributed by atoms with Gasteiger partial charge in [-0.2, -0.15) is 0 Å². The number of hydrogen-bond donors (Lipinski definition) is 0. The molecule has 3 aromatic rings. The third-order valence-corrected chi connectivity index (χ3v) is 6.70. The predicted molar refractivity (Wildman–Crippen MR) is 116 cm³/mol. The molecule has 0 radical (unpaired) electrons. The van der Waals surface area contributed by atoms with Gasteiger partial charge in [0.2, 0.25) is 0 Å². The second-order valence-electron chi connectivity index (χ2n) is 8.77. The molecule has 3 heteroatoms. The van der Waals surface area contributed by atoms with E-state index in [0.29, 0.717) is 5.92 Å². The molecule has 30 heavy (non-hydrogen) atoms. The molecule has 152 valence electrons. The Morgan fingerprint density at radius 2 is 1.60 bits per heavy atom. The van der Waals surface area contributed by atoms with Crippen molar-refractivity contribution in [3.05, 3.63) is 94.6 Å². The summed E-state index contributed by atoms with van der Waals surface area (Å²) in [6, 6.07) is 18.4. The van der Waals surface area contributed by atoms with E-state index in [0.717, 1.165) is 6.42 Å². The zero-order chi connectivity index (χ0) is 18.8. The van der Waals surface area contributed by atoms with Crippen LogP contribution in [-0.2, 0) is 26.2 Å². The maximum absolute atomic E-state index is 2.46. The number of rotatable bonds is 2. The van der Waals surface area contributed by atoms with Crippen molar-refractivity contribution in [3.8, 4) is 11.1 Å². The van der Waals surface area contributed by atoms with E-state index in [-0.39, 0.29) is 56.4 Å². The average Bonchev–Trinajstić information content (AvgIpc) is 3.28. The van der Waals surface area contributed by atoms with Crippen LogP contribution in [0.3, 0.4) is 0 Å². The summed E-state index contributed by atoms with van der Waals surface area (Å²) in [6.07, 6.45) is 7.91. The Balaban J connectivity index is 0.00000107. The van der Waals surface area contributed by atoms with E-state index in [2.05, 4.69) is 94.5 Å². The number of fused-ring (bicyclic) bond motifs is 5. The van der Waals surface area contributed by atoms with Crippen LogP contribution >= 0.6 is 0 Å². The van der Waals surface area contributed by atoms with E-state index in [1.54, 1.807) is 0 Å². The number of benzene rings is 3. The van der Waals surface area contributed by atoms with Gasteiger partial charge in [0.1, 0.15) is 0 Å². The molecule has 0 bridgehead atoms. The van der Waals surface area contributed by atoms with Crippen LogP contribution < -0.4 is 24.8 Å². The first kappa shape index (κ1) is 25.1. The minimum Gasteiger partial charge on any atom is -1.00 e. The van der Waals surface area contributed by atoms with Crippen molar-refractivity contribution < 1.29 is 51.0 Å². The summed E-state index contributed by atoms with van der Waals surface area (Å²) < 4.78 is 0. The Morgan fingerprint density at radius 1 is 0.867 bits per heavy atom. The molecular formula is C27H26Cl2Zr. The molecule has 0 spiro atoms. The first-order valence-electron chi connectivity index (χ1n) is 9.98. The Morgan fingerprint density at radius 3 is 2.30 bits per heavy atom. The molecule has 0 saturated carbocycles. The first-order chi connectivity index (χ1) is 13.0. The zero-order valence-electron chi connectivity index (χ0n) is 17.9. The second kappa shape index (κ2) is 9.16. The minimum absolute atomic E-state index is 0. The van der Waals surface area contributed by atoms with Crippen LogP contribution in [0.5, 0.6) is 0 Å². The molecule has 1 unspecified atom stereocenters. The fraction of sp³-hybridized carbons (Fsp3) is 0.259. The third kappa shape index (κ3) is 3.68. The van der Waals surface area contributed by atoms with Gasteiger partial charge in [0.25, 0.3) is 0 Å². The van der Waals surface area contributed by atoms with Gasteiger partial charge in [0, 0.05) is 5.92 Å². The second-order valence-corrected chi connectivity index (χ2v) is 8.77. The van der Waals surface area contributed by atoms with E-state index in [9.17, 15) is 0 Å². The topological polar surface area (TPSA) is 0 Å². The summed E-state index contributed by atoms with van der Waals surface area (Å²) >= 11 is 0. The monoisotopic (exact) mass is 510 g/mol. The SMILES string of the molecule is Cc1ccc2c(C)cc3c(c2c1)-c1ccccc1C3C(C)(C)C1=CC=CC1.[Cl-].[Cl-].[Zr+2]. The van der Waals surface area contributed by atoms with Gasteiger partial charge in [-0.25, -0.2) is 0 Å². The fourth-order valence-corrected chi connectivity index (χ4v) is 5.31. The third-order valence-electron chi connectivity index (χ3n) is 6.70. The number of allylic oxidation sites excluding steroid dienone is 4. The Kier molecular flexibility index (Phi) is 7.67. The Hall–Kier alpha value is -1.14. The maximum Gasteiger partial charge on any atom is 2.00 e. The first-order valence-corrected chi connectivity index (χ1v) is 9.98. The molecule has 0 aromatic heterocycles. The Labute approximate surface area is 211 Å². The van der Waals surface area contributed by atoms with Crippen LogP contribution in [0.1, 0.15) is 48.4 Å². The van der Waals surface area contributed by atoms with Gasteiger partial charge in [-0.3, -0.25) is 0 Å². The van der Waals surface area contributed by atoms with Crippen molar-refractivity contribution in [2.24, 2.45) is 5.41 Å². The van der Waals surface area contributed by atoms with Gasteiger partial charge in [-0.1, -0.05) is 91.7 Å². The van der Waals surface area contributed by atoms with Gasteiger partial charge in [-0.05, 0) is 64.3 Å². The predicted octanol–water partition coefficient (Wildman–Crippen LogP) is 1.49.